The second kappa shape index (κ2) is 4.38. The highest BCUT2D eigenvalue weighted by Gasteiger charge is 2.34. The van der Waals surface area contributed by atoms with Gasteiger partial charge in [-0.1, -0.05) is 0 Å². The highest BCUT2D eigenvalue weighted by atomic mass is 35.5. The van der Waals surface area contributed by atoms with Crippen LogP contribution in [0.25, 0.3) is 0 Å². The minimum Gasteiger partial charge on any atom is -0.316 e. The number of halogens is 1. The first kappa shape index (κ1) is 10.7. The van der Waals surface area contributed by atoms with E-state index < -0.39 is 0 Å². The van der Waals surface area contributed by atoms with Crippen LogP contribution in [0.4, 0.5) is 0 Å². The zero-order chi connectivity index (χ0) is 8.67. The number of rotatable bonds is 2. The van der Waals surface area contributed by atoms with Crippen molar-refractivity contribution in [2.45, 2.75) is 19.3 Å². The Morgan fingerprint density at radius 3 is 2.64 bits per heavy atom. The summed E-state index contributed by atoms with van der Waals surface area (Å²) < 4.78 is 0. The molecule has 2 nitrogen and oxygen atoms in total. The SMILES string of the molecule is C1CC1CN1CC[C@@H]2CNC[C@@H]2C1.Cl. The molecule has 1 aliphatic carbocycles. The molecule has 0 spiro atoms. The molecule has 3 aliphatic rings. The van der Waals surface area contributed by atoms with E-state index in [2.05, 4.69) is 10.2 Å². The summed E-state index contributed by atoms with van der Waals surface area (Å²) in [5.74, 6) is 3.06. The van der Waals surface area contributed by atoms with Gasteiger partial charge in [-0.15, -0.1) is 12.4 Å². The highest BCUT2D eigenvalue weighted by Crippen LogP contribution is 2.33. The Labute approximate surface area is 92.8 Å². The predicted molar refractivity (Wildman–Crippen MR) is 60.9 cm³/mol. The van der Waals surface area contributed by atoms with E-state index in [4.69, 9.17) is 0 Å². The van der Waals surface area contributed by atoms with E-state index in [1.165, 1.54) is 52.0 Å². The van der Waals surface area contributed by atoms with Crippen molar-refractivity contribution in [3.05, 3.63) is 0 Å². The lowest BCUT2D eigenvalue weighted by molar-refractivity contribution is 0.143. The lowest BCUT2D eigenvalue weighted by Gasteiger charge is -2.34. The molecule has 0 aromatic heterocycles. The maximum Gasteiger partial charge on any atom is 0.00251 e. The molecule has 0 bridgehead atoms. The van der Waals surface area contributed by atoms with Crippen LogP contribution in [-0.2, 0) is 0 Å². The Bertz CT molecular complexity index is 194. The molecular weight excluding hydrogens is 196 g/mol. The van der Waals surface area contributed by atoms with Crippen LogP contribution in [-0.4, -0.2) is 37.6 Å². The van der Waals surface area contributed by atoms with Crippen LogP contribution < -0.4 is 5.32 Å². The molecule has 1 saturated carbocycles. The van der Waals surface area contributed by atoms with E-state index in [0.29, 0.717) is 0 Å². The third-order valence-electron chi connectivity index (χ3n) is 4.00. The topological polar surface area (TPSA) is 15.3 Å². The van der Waals surface area contributed by atoms with Crippen LogP contribution in [0.2, 0.25) is 0 Å². The summed E-state index contributed by atoms with van der Waals surface area (Å²) in [6.07, 6.45) is 4.45. The van der Waals surface area contributed by atoms with E-state index in [9.17, 15) is 0 Å². The molecule has 2 aliphatic heterocycles. The maximum absolute atomic E-state index is 3.53. The van der Waals surface area contributed by atoms with Gasteiger partial charge in [0.1, 0.15) is 0 Å². The smallest absolute Gasteiger partial charge is 0.00251 e. The van der Waals surface area contributed by atoms with Crippen LogP contribution in [0, 0.1) is 17.8 Å². The van der Waals surface area contributed by atoms with Crippen molar-refractivity contribution in [1.82, 2.24) is 10.2 Å². The van der Waals surface area contributed by atoms with Crippen molar-refractivity contribution in [2.75, 3.05) is 32.7 Å². The molecule has 3 heteroatoms. The molecule has 2 heterocycles. The largest absolute Gasteiger partial charge is 0.316 e. The first-order valence-electron chi connectivity index (χ1n) is 5.85. The van der Waals surface area contributed by atoms with Gasteiger partial charge in [-0.25, -0.2) is 0 Å². The second-order valence-corrected chi connectivity index (χ2v) is 5.17. The van der Waals surface area contributed by atoms with Crippen LogP contribution in [0.1, 0.15) is 19.3 Å². The fourth-order valence-electron chi connectivity index (χ4n) is 2.94. The molecule has 82 valence electrons. The Hall–Kier alpha value is 0.210. The Balaban J connectivity index is 0.000000750. The number of hydrogen-bond donors (Lipinski definition) is 1. The van der Waals surface area contributed by atoms with Crippen LogP contribution >= 0.6 is 12.4 Å². The zero-order valence-electron chi connectivity index (χ0n) is 8.74. The molecule has 14 heavy (non-hydrogen) atoms. The third-order valence-corrected chi connectivity index (χ3v) is 4.00. The summed E-state index contributed by atoms with van der Waals surface area (Å²) in [6, 6.07) is 0. The fraction of sp³-hybridized carbons (Fsp3) is 1.00. The van der Waals surface area contributed by atoms with Crippen molar-refractivity contribution in [1.29, 1.82) is 0 Å². The Kier molecular flexibility index (Phi) is 3.35. The van der Waals surface area contributed by atoms with Crippen molar-refractivity contribution in [2.24, 2.45) is 17.8 Å². The van der Waals surface area contributed by atoms with Crippen molar-refractivity contribution >= 4 is 12.4 Å². The van der Waals surface area contributed by atoms with Gasteiger partial charge in [-0.05, 0) is 56.7 Å². The van der Waals surface area contributed by atoms with Gasteiger partial charge in [0.2, 0.25) is 0 Å². The molecule has 3 fully saturated rings. The molecule has 0 radical (unpaired) electrons. The van der Waals surface area contributed by atoms with E-state index in [1.807, 2.05) is 0 Å². The molecule has 0 aromatic carbocycles. The number of likely N-dealkylation sites (tertiary alicyclic amines) is 1. The lowest BCUT2D eigenvalue weighted by Crippen LogP contribution is -2.40. The maximum atomic E-state index is 3.53. The van der Waals surface area contributed by atoms with Crippen LogP contribution in [0.3, 0.4) is 0 Å². The summed E-state index contributed by atoms with van der Waals surface area (Å²) in [5.41, 5.74) is 0. The van der Waals surface area contributed by atoms with Gasteiger partial charge in [0, 0.05) is 13.1 Å². The zero-order valence-corrected chi connectivity index (χ0v) is 9.56. The first-order chi connectivity index (χ1) is 6.42. The van der Waals surface area contributed by atoms with E-state index in [0.717, 1.165) is 17.8 Å². The summed E-state index contributed by atoms with van der Waals surface area (Å²) in [4.78, 5) is 2.71. The minimum atomic E-state index is 0. The average Bonchev–Trinajstić information content (AvgIpc) is 2.83. The third kappa shape index (κ3) is 2.23. The second-order valence-electron chi connectivity index (χ2n) is 5.17. The number of hydrogen-bond acceptors (Lipinski definition) is 2. The number of nitrogens with one attached hydrogen (secondary N) is 1. The fourth-order valence-corrected chi connectivity index (χ4v) is 2.94. The molecule has 3 rings (SSSR count). The minimum absolute atomic E-state index is 0. The summed E-state index contributed by atoms with van der Waals surface area (Å²) >= 11 is 0. The summed E-state index contributed by atoms with van der Waals surface area (Å²) in [5, 5.41) is 3.53. The van der Waals surface area contributed by atoms with Gasteiger partial charge in [-0.3, -0.25) is 0 Å². The van der Waals surface area contributed by atoms with Crippen molar-refractivity contribution in [3.63, 3.8) is 0 Å². The standard InChI is InChI=1S/C11H20N2.ClH/c1-2-9(1)7-13-4-3-10-5-12-6-11(10)8-13;/h9-12H,1-8H2;1H/t10-,11-;/m1./s1. The molecule has 2 atom stereocenters. The molecule has 0 aromatic rings. The van der Waals surface area contributed by atoms with Crippen molar-refractivity contribution in [3.8, 4) is 0 Å². The van der Waals surface area contributed by atoms with E-state index in [1.54, 1.807) is 0 Å². The lowest BCUT2D eigenvalue weighted by atomic mass is 9.88. The monoisotopic (exact) mass is 216 g/mol. The predicted octanol–water partition coefficient (Wildman–Crippen LogP) is 1.36. The number of nitrogens with zero attached hydrogens (tertiary/aromatic N) is 1. The van der Waals surface area contributed by atoms with Gasteiger partial charge in [-0.2, -0.15) is 0 Å². The molecule has 1 N–H and O–H groups in total. The number of fused-ring (bicyclic) bond motifs is 1. The quantitative estimate of drug-likeness (QED) is 0.750. The average molecular weight is 217 g/mol. The highest BCUT2D eigenvalue weighted by molar-refractivity contribution is 5.85. The van der Waals surface area contributed by atoms with Gasteiger partial charge in [0.25, 0.3) is 0 Å². The van der Waals surface area contributed by atoms with Gasteiger partial charge in [0.05, 0.1) is 0 Å². The van der Waals surface area contributed by atoms with Crippen molar-refractivity contribution < 1.29 is 0 Å². The summed E-state index contributed by atoms with van der Waals surface area (Å²) in [6.45, 7) is 6.74. The Morgan fingerprint density at radius 1 is 1.07 bits per heavy atom. The molecule has 0 unspecified atom stereocenters. The summed E-state index contributed by atoms with van der Waals surface area (Å²) in [7, 11) is 0. The normalized spacial score (nSPS) is 37.7. The molecule has 0 amide bonds. The molecular formula is C11H21ClN2. The van der Waals surface area contributed by atoms with Gasteiger partial charge in [0.15, 0.2) is 0 Å². The van der Waals surface area contributed by atoms with E-state index in [-0.39, 0.29) is 12.4 Å². The molecule has 2 saturated heterocycles. The van der Waals surface area contributed by atoms with Gasteiger partial charge < -0.3 is 10.2 Å². The van der Waals surface area contributed by atoms with Crippen LogP contribution in [0.15, 0.2) is 0 Å². The van der Waals surface area contributed by atoms with Crippen LogP contribution in [0.5, 0.6) is 0 Å². The van der Waals surface area contributed by atoms with Gasteiger partial charge >= 0.3 is 0 Å². The first-order valence-corrected chi connectivity index (χ1v) is 5.85. The Morgan fingerprint density at radius 2 is 1.86 bits per heavy atom. The van der Waals surface area contributed by atoms with E-state index >= 15 is 0 Å². The number of piperidine rings is 1.